The molecule has 0 atom stereocenters. The van der Waals surface area contributed by atoms with Crippen LogP contribution in [0.25, 0.3) is 99.2 Å². The Morgan fingerprint density at radius 2 is 0.845 bits per heavy atom. The molecule has 15 rings (SSSR count). The molecular formula is C67H41NO3. The zero-order chi connectivity index (χ0) is 46.6. The Bertz CT molecular complexity index is 4350. The lowest BCUT2D eigenvalue weighted by molar-refractivity contribution is 0.664. The number of furan rings is 3. The Hall–Kier alpha value is -9.38. The van der Waals surface area contributed by atoms with Crippen LogP contribution in [0.5, 0.6) is 0 Å². The number of benzene rings is 11. The number of hydrogen-bond donors (Lipinski definition) is 0. The van der Waals surface area contributed by atoms with Crippen LogP contribution < -0.4 is 4.90 Å². The Balaban J connectivity index is 1.02. The number of para-hydroxylation sites is 4. The predicted molar refractivity (Wildman–Crippen MR) is 291 cm³/mol. The van der Waals surface area contributed by atoms with Crippen LogP contribution in [0.15, 0.2) is 262 Å². The van der Waals surface area contributed by atoms with E-state index in [0.717, 1.165) is 105 Å². The molecule has 0 aliphatic heterocycles. The van der Waals surface area contributed by atoms with Crippen molar-refractivity contribution in [2.75, 3.05) is 4.90 Å². The fourth-order valence-corrected chi connectivity index (χ4v) is 11.9. The standard InChI is InChI=1S/C67H41NO3/c1-4-18-42(19-5-1)43-34-37-47(38-35-43)68(57-30-16-27-51-50-25-11-14-32-59(50)70-64(51)57)58-31-17-28-52-54-41-61-63(53-26-12-15-33-60(53)69-61)62(66(54)71-65(52)58)44-36-39-49-48-24-10-13-29-55(48)67(56(49)40-44,45-20-6-2-7-21-45)46-22-8-3-9-23-46/h1-41H. The van der Waals surface area contributed by atoms with Crippen LogP contribution in [0.4, 0.5) is 17.1 Å². The number of anilines is 3. The van der Waals surface area contributed by atoms with Gasteiger partial charge in [0.2, 0.25) is 0 Å². The van der Waals surface area contributed by atoms with Crippen molar-refractivity contribution in [3.63, 3.8) is 0 Å². The van der Waals surface area contributed by atoms with Gasteiger partial charge in [-0.3, -0.25) is 0 Å². The molecule has 0 amide bonds. The Morgan fingerprint density at radius 3 is 1.56 bits per heavy atom. The van der Waals surface area contributed by atoms with Crippen molar-refractivity contribution in [3.05, 3.63) is 271 Å². The highest BCUT2D eigenvalue weighted by molar-refractivity contribution is 6.25. The first-order valence-electron chi connectivity index (χ1n) is 24.2. The lowest BCUT2D eigenvalue weighted by Gasteiger charge is -2.34. The molecule has 0 N–H and O–H groups in total. The molecule has 11 aromatic carbocycles. The molecule has 1 aliphatic rings. The molecule has 0 spiro atoms. The summed E-state index contributed by atoms with van der Waals surface area (Å²) in [4.78, 5) is 2.30. The number of fused-ring (bicyclic) bond motifs is 12. The van der Waals surface area contributed by atoms with Gasteiger partial charge in [0.25, 0.3) is 0 Å². The Labute approximate surface area is 408 Å². The number of rotatable bonds is 7. The van der Waals surface area contributed by atoms with Gasteiger partial charge in [-0.1, -0.05) is 200 Å². The molecule has 0 fully saturated rings. The van der Waals surface area contributed by atoms with Crippen molar-refractivity contribution in [1.82, 2.24) is 0 Å². The average molecular weight is 908 g/mol. The van der Waals surface area contributed by atoms with E-state index in [1.165, 1.54) is 33.4 Å². The molecule has 0 radical (unpaired) electrons. The second-order valence-electron chi connectivity index (χ2n) is 18.6. The highest BCUT2D eigenvalue weighted by Gasteiger charge is 2.46. The van der Waals surface area contributed by atoms with E-state index in [4.69, 9.17) is 13.3 Å². The van der Waals surface area contributed by atoms with E-state index in [-0.39, 0.29) is 0 Å². The zero-order valence-electron chi connectivity index (χ0n) is 38.3. The molecule has 0 saturated carbocycles. The van der Waals surface area contributed by atoms with Gasteiger partial charge in [-0.05, 0) is 98.6 Å². The molecule has 14 aromatic rings. The van der Waals surface area contributed by atoms with Gasteiger partial charge in [0.05, 0.1) is 16.8 Å². The van der Waals surface area contributed by atoms with Crippen molar-refractivity contribution in [2.24, 2.45) is 0 Å². The first-order chi connectivity index (χ1) is 35.2. The van der Waals surface area contributed by atoms with Crippen LogP contribution in [0.3, 0.4) is 0 Å². The van der Waals surface area contributed by atoms with E-state index in [9.17, 15) is 0 Å². The molecule has 0 bridgehead atoms. The highest BCUT2D eigenvalue weighted by Crippen LogP contribution is 2.58. The topological polar surface area (TPSA) is 42.7 Å². The summed E-state index contributed by atoms with van der Waals surface area (Å²) in [5, 5.41) is 6.15. The summed E-state index contributed by atoms with van der Waals surface area (Å²) in [5.74, 6) is 0. The lowest BCUT2D eigenvalue weighted by atomic mass is 9.67. The first-order valence-corrected chi connectivity index (χ1v) is 24.2. The summed E-state index contributed by atoms with van der Waals surface area (Å²) < 4.78 is 21.2. The summed E-state index contributed by atoms with van der Waals surface area (Å²) in [6, 6.07) is 89.0. The average Bonchev–Trinajstić information content (AvgIpc) is 4.20. The second-order valence-corrected chi connectivity index (χ2v) is 18.6. The molecular weight excluding hydrogens is 867 g/mol. The maximum absolute atomic E-state index is 7.57. The SMILES string of the molecule is c1ccc(-c2ccc(N(c3cccc4c3oc3ccccc34)c3cccc4c3oc3c(-c5ccc6c(c5)C(c5ccccc5)(c5ccccc5)c5ccccc5-6)c5c(cc34)oc3ccccc35)cc2)cc1. The van der Waals surface area contributed by atoms with Crippen molar-refractivity contribution in [3.8, 4) is 33.4 Å². The second kappa shape index (κ2) is 15.3. The predicted octanol–water partition coefficient (Wildman–Crippen LogP) is 18.6. The van der Waals surface area contributed by atoms with E-state index in [1.807, 2.05) is 18.2 Å². The highest BCUT2D eigenvalue weighted by atomic mass is 16.3. The normalized spacial score (nSPS) is 12.9. The molecule has 3 aromatic heterocycles. The molecule has 1 aliphatic carbocycles. The quantitative estimate of drug-likeness (QED) is 0.160. The van der Waals surface area contributed by atoms with Gasteiger partial charge in [0, 0.05) is 43.6 Å². The van der Waals surface area contributed by atoms with E-state index in [0.29, 0.717) is 0 Å². The van der Waals surface area contributed by atoms with Gasteiger partial charge in [-0.25, -0.2) is 0 Å². The number of nitrogens with zero attached hydrogens (tertiary/aromatic N) is 1. The van der Waals surface area contributed by atoms with Crippen LogP contribution in [0.2, 0.25) is 0 Å². The third-order valence-electron chi connectivity index (χ3n) is 15.0. The summed E-state index contributed by atoms with van der Waals surface area (Å²) in [7, 11) is 0. The van der Waals surface area contributed by atoms with Crippen LogP contribution in [0, 0.1) is 0 Å². The van der Waals surface area contributed by atoms with Gasteiger partial charge in [0.1, 0.15) is 22.3 Å². The smallest absolute Gasteiger partial charge is 0.159 e. The van der Waals surface area contributed by atoms with E-state index < -0.39 is 5.41 Å². The van der Waals surface area contributed by atoms with Crippen LogP contribution in [0.1, 0.15) is 22.3 Å². The third-order valence-corrected chi connectivity index (χ3v) is 15.0. The molecule has 71 heavy (non-hydrogen) atoms. The summed E-state index contributed by atoms with van der Waals surface area (Å²) in [5.41, 5.74) is 18.8. The van der Waals surface area contributed by atoms with Gasteiger partial charge < -0.3 is 18.2 Å². The minimum atomic E-state index is -0.578. The molecule has 0 unspecified atom stereocenters. The fraction of sp³-hybridized carbons (Fsp3) is 0.0149. The molecule has 3 heterocycles. The van der Waals surface area contributed by atoms with Crippen molar-refractivity contribution in [1.29, 1.82) is 0 Å². The van der Waals surface area contributed by atoms with E-state index in [1.54, 1.807) is 0 Å². The van der Waals surface area contributed by atoms with Crippen LogP contribution in [-0.2, 0) is 5.41 Å². The van der Waals surface area contributed by atoms with E-state index >= 15 is 0 Å². The molecule has 332 valence electrons. The van der Waals surface area contributed by atoms with Gasteiger partial charge in [-0.2, -0.15) is 0 Å². The van der Waals surface area contributed by atoms with Crippen LogP contribution >= 0.6 is 0 Å². The molecule has 4 heteroatoms. The van der Waals surface area contributed by atoms with E-state index in [2.05, 4.69) is 235 Å². The molecule has 0 saturated heterocycles. The number of hydrogen-bond acceptors (Lipinski definition) is 4. The lowest BCUT2D eigenvalue weighted by Crippen LogP contribution is -2.28. The van der Waals surface area contributed by atoms with Gasteiger partial charge >= 0.3 is 0 Å². The maximum Gasteiger partial charge on any atom is 0.159 e. The van der Waals surface area contributed by atoms with Crippen LogP contribution in [-0.4, -0.2) is 0 Å². The van der Waals surface area contributed by atoms with Crippen molar-refractivity contribution in [2.45, 2.75) is 5.41 Å². The largest absolute Gasteiger partial charge is 0.456 e. The maximum atomic E-state index is 7.57. The van der Waals surface area contributed by atoms with Gasteiger partial charge in [0.15, 0.2) is 11.2 Å². The minimum Gasteiger partial charge on any atom is -0.456 e. The van der Waals surface area contributed by atoms with Crippen molar-refractivity contribution < 1.29 is 13.3 Å². The first kappa shape index (κ1) is 39.6. The minimum absolute atomic E-state index is 0.578. The van der Waals surface area contributed by atoms with Crippen molar-refractivity contribution >= 4 is 82.9 Å². The fourth-order valence-electron chi connectivity index (χ4n) is 11.9. The molecule has 4 nitrogen and oxygen atoms in total. The summed E-state index contributed by atoms with van der Waals surface area (Å²) >= 11 is 0. The van der Waals surface area contributed by atoms with Gasteiger partial charge in [-0.15, -0.1) is 0 Å². The third kappa shape index (κ3) is 5.73. The Kier molecular flexibility index (Phi) is 8.54. The summed E-state index contributed by atoms with van der Waals surface area (Å²) in [6.45, 7) is 0. The summed E-state index contributed by atoms with van der Waals surface area (Å²) in [6.07, 6.45) is 0. The zero-order valence-corrected chi connectivity index (χ0v) is 38.3. The Morgan fingerprint density at radius 1 is 0.310 bits per heavy atom. The monoisotopic (exact) mass is 907 g/mol.